The van der Waals surface area contributed by atoms with E-state index in [1.807, 2.05) is 24.3 Å². The van der Waals surface area contributed by atoms with Crippen molar-refractivity contribution in [2.24, 2.45) is 7.05 Å². The predicted molar refractivity (Wildman–Crippen MR) is 153 cm³/mol. The molecule has 4 heterocycles. The first-order chi connectivity index (χ1) is 20.2. The number of ether oxygens (including phenoxy) is 1. The van der Waals surface area contributed by atoms with Gasteiger partial charge in [-0.15, -0.1) is 0 Å². The molecule has 1 aliphatic heterocycles. The largest absolute Gasteiger partial charge is 0.495 e. The summed E-state index contributed by atoms with van der Waals surface area (Å²) in [6.07, 6.45) is 3.67. The molecule has 5 aromatic rings. The van der Waals surface area contributed by atoms with Crippen molar-refractivity contribution in [1.82, 2.24) is 28.6 Å². The first-order valence-electron chi connectivity index (χ1n) is 13.3. The molecule has 0 bridgehead atoms. The second-order valence-corrected chi connectivity index (χ2v) is 10.2. The highest BCUT2D eigenvalue weighted by molar-refractivity contribution is 5.88. The second-order valence-electron chi connectivity index (χ2n) is 10.2. The van der Waals surface area contributed by atoms with Gasteiger partial charge in [-0.1, -0.05) is 24.3 Å². The van der Waals surface area contributed by atoms with Gasteiger partial charge < -0.3 is 19.5 Å². The van der Waals surface area contributed by atoms with Crippen LogP contribution in [0, 0.1) is 0 Å². The van der Waals surface area contributed by atoms with Crippen LogP contribution in [0.5, 0.6) is 5.75 Å². The molecule has 0 radical (unpaired) electrons. The van der Waals surface area contributed by atoms with Gasteiger partial charge in [-0.2, -0.15) is 0 Å². The fraction of sp³-hybridized carbons (Fsp3) is 0.233. The highest BCUT2D eigenvalue weighted by Gasteiger charge is 2.30. The lowest BCUT2D eigenvalue weighted by molar-refractivity contribution is 0.0679. The standard InChI is InChI=1S/C30H28N6O6/c1-33-25(29(39)40)15-31-26(33)17-34-12-11-22(16-34)36-27-24(13-23(42-2)14-32-27)35(30(36)41)21-9-7-19(8-10-21)18-3-5-20(6-4-18)28(37)38/h3-10,13-15,22H,11-12,16-17H2,1-2H3,(H,37,38)(H,39,40). The molecule has 1 saturated heterocycles. The summed E-state index contributed by atoms with van der Waals surface area (Å²) in [7, 11) is 3.24. The van der Waals surface area contributed by atoms with Crippen LogP contribution < -0.4 is 10.4 Å². The van der Waals surface area contributed by atoms with E-state index in [-0.39, 0.29) is 23.0 Å². The van der Waals surface area contributed by atoms with Crippen LogP contribution in [-0.2, 0) is 13.6 Å². The Kier molecular flexibility index (Phi) is 6.83. The van der Waals surface area contributed by atoms with Gasteiger partial charge >= 0.3 is 17.6 Å². The maximum Gasteiger partial charge on any atom is 0.354 e. The Bertz CT molecular complexity index is 1870. The predicted octanol–water partition coefficient (Wildman–Crippen LogP) is 3.44. The fourth-order valence-electron chi connectivity index (χ4n) is 5.54. The summed E-state index contributed by atoms with van der Waals surface area (Å²) >= 11 is 0. The van der Waals surface area contributed by atoms with Crippen LogP contribution in [0.25, 0.3) is 28.0 Å². The third-order valence-electron chi connectivity index (χ3n) is 7.80. The van der Waals surface area contributed by atoms with E-state index >= 15 is 0 Å². The summed E-state index contributed by atoms with van der Waals surface area (Å²) in [5.41, 5.74) is 3.69. The zero-order chi connectivity index (χ0) is 29.5. The van der Waals surface area contributed by atoms with Crippen LogP contribution in [-0.4, -0.2) is 70.9 Å². The molecule has 2 aromatic carbocycles. The number of imidazole rings is 2. The van der Waals surface area contributed by atoms with E-state index in [0.717, 1.165) is 11.1 Å². The van der Waals surface area contributed by atoms with Gasteiger partial charge in [0.05, 0.1) is 48.9 Å². The lowest BCUT2D eigenvalue weighted by Gasteiger charge is -2.16. The molecule has 12 heteroatoms. The molecule has 1 fully saturated rings. The van der Waals surface area contributed by atoms with Gasteiger partial charge in [-0.05, 0) is 41.8 Å². The Labute approximate surface area is 239 Å². The van der Waals surface area contributed by atoms with Crippen molar-refractivity contribution in [1.29, 1.82) is 0 Å². The number of aromatic carboxylic acids is 2. The van der Waals surface area contributed by atoms with Gasteiger partial charge in [0, 0.05) is 26.2 Å². The molecule has 0 saturated carbocycles. The van der Waals surface area contributed by atoms with Gasteiger partial charge in [-0.25, -0.2) is 24.4 Å². The summed E-state index contributed by atoms with van der Waals surface area (Å²) in [6.45, 7) is 1.75. The smallest absolute Gasteiger partial charge is 0.354 e. The molecule has 1 unspecified atom stereocenters. The Morgan fingerprint density at radius 1 is 0.976 bits per heavy atom. The van der Waals surface area contributed by atoms with Crippen molar-refractivity contribution >= 4 is 23.1 Å². The summed E-state index contributed by atoms with van der Waals surface area (Å²) in [5, 5.41) is 18.5. The van der Waals surface area contributed by atoms with E-state index in [9.17, 15) is 24.6 Å². The molecule has 1 atom stereocenters. The Hall–Kier alpha value is -5.23. The van der Waals surface area contributed by atoms with Crippen molar-refractivity contribution in [3.63, 3.8) is 0 Å². The molecule has 1 aliphatic rings. The van der Waals surface area contributed by atoms with Gasteiger partial charge in [0.2, 0.25) is 0 Å². The van der Waals surface area contributed by atoms with Crippen molar-refractivity contribution in [2.45, 2.75) is 19.0 Å². The monoisotopic (exact) mass is 568 g/mol. The van der Waals surface area contributed by atoms with Gasteiger partial charge in [0.25, 0.3) is 0 Å². The molecular formula is C30H28N6O6. The molecular weight excluding hydrogens is 540 g/mol. The van der Waals surface area contributed by atoms with E-state index in [2.05, 4.69) is 14.9 Å². The summed E-state index contributed by atoms with van der Waals surface area (Å²) in [5.74, 6) is -0.837. The number of rotatable bonds is 8. The lowest BCUT2D eigenvalue weighted by Crippen LogP contribution is -2.29. The summed E-state index contributed by atoms with van der Waals surface area (Å²) < 4.78 is 10.3. The van der Waals surface area contributed by atoms with Crippen molar-refractivity contribution in [2.75, 3.05) is 20.2 Å². The van der Waals surface area contributed by atoms with Gasteiger partial charge in [-0.3, -0.25) is 14.0 Å². The zero-order valence-corrected chi connectivity index (χ0v) is 23.0. The number of likely N-dealkylation sites (tertiary alicyclic amines) is 1. The van der Waals surface area contributed by atoms with E-state index in [0.29, 0.717) is 54.5 Å². The maximum atomic E-state index is 14.0. The summed E-state index contributed by atoms with van der Waals surface area (Å²) in [4.78, 5) is 47.7. The number of carboxylic acid groups (broad SMARTS) is 2. The second kappa shape index (κ2) is 10.6. The molecule has 2 N–H and O–H groups in total. The van der Waals surface area contributed by atoms with Gasteiger partial charge in [0.15, 0.2) is 5.65 Å². The molecule has 42 heavy (non-hydrogen) atoms. The molecule has 0 amide bonds. The summed E-state index contributed by atoms with van der Waals surface area (Å²) in [6, 6.07) is 15.8. The van der Waals surface area contributed by atoms with E-state index < -0.39 is 11.9 Å². The number of benzene rings is 2. The Balaban J connectivity index is 1.33. The molecule has 0 spiro atoms. The normalized spacial score (nSPS) is 15.3. The number of hydrogen-bond acceptors (Lipinski definition) is 7. The maximum absolute atomic E-state index is 14.0. The van der Waals surface area contributed by atoms with Crippen molar-refractivity contribution in [3.8, 4) is 22.6 Å². The number of fused-ring (bicyclic) bond motifs is 1. The average molecular weight is 569 g/mol. The fourth-order valence-corrected chi connectivity index (χ4v) is 5.54. The number of pyridine rings is 1. The minimum atomic E-state index is -1.03. The number of carboxylic acids is 2. The van der Waals surface area contributed by atoms with E-state index in [1.165, 1.54) is 6.20 Å². The van der Waals surface area contributed by atoms with Crippen LogP contribution in [0.3, 0.4) is 0 Å². The SMILES string of the molecule is COc1cnc2c(c1)n(-c1ccc(-c3ccc(C(=O)O)cc3)cc1)c(=O)n2C1CCN(Cc2ncc(C(=O)O)n2C)C1. The number of hydrogen-bond donors (Lipinski definition) is 2. The number of aromatic nitrogens is 5. The van der Waals surface area contributed by atoms with Crippen molar-refractivity contribution in [3.05, 3.63) is 94.6 Å². The average Bonchev–Trinajstić information content (AvgIpc) is 3.68. The molecule has 12 nitrogen and oxygen atoms in total. The van der Waals surface area contributed by atoms with Gasteiger partial charge in [0.1, 0.15) is 17.3 Å². The minimum Gasteiger partial charge on any atom is -0.495 e. The Morgan fingerprint density at radius 3 is 2.29 bits per heavy atom. The van der Waals surface area contributed by atoms with Crippen LogP contribution in [0.2, 0.25) is 0 Å². The van der Waals surface area contributed by atoms with Crippen LogP contribution >= 0.6 is 0 Å². The van der Waals surface area contributed by atoms with E-state index in [1.54, 1.807) is 64.4 Å². The molecule has 6 rings (SSSR count). The first kappa shape index (κ1) is 27.0. The minimum absolute atomic E-state index is 0.126. The highest BCUT2D eigenvalue weighted by Crippen LogP contribution is 2.29. The molecule has 0 aliphatic carbocycles. The third-order valence-corrected chi connectivity index (χ3v) is 7.80. The lowest BCUT2D eigenvalue weighted by atomic mass is 10.0. The molecule has 214 valence electrons. The zero-order valence-electron chi connectivity index (χ0n) is 23.0. The van der Waals surface area contributed by atoms with Crippen LogP contribution in [0.15, 0.2) is 71.8 Å². The van der Waals surface area contributed by atoms with E-state index in [4.69, 9.17) is 4.74 Å². The number of nitrogens with zero attached hydrogens (tertiary/aromatic N) is 6. The quantitative estimate of drug-likeness (QED) is 0.288. The molecule has 3 aromatic heterocycles. The number of methoxy groups -OCH3 is 1. The first-order valence-corrected chi connectivity index (χ1v) is 13.3. The third kappa shape index (κ3) is 4.71. The highest BCUT2D eigenvalue weighted by atomic mass is 16.5. The topological polar surface area (TPSA) is 145 Å². The number of carbonyl (C=O) groups is 2. The van der Waals surface area contributed by atoms with Crippen LogP contribution in [0.4, 0.5) is 0 Å². The Morgan fingerprint density at radius 2 is 1.67 bits per heavy atom. The van der Waals surface area contributed by atoms with Crippen LogP contribution in [0.1, 0.15) is 39.1 Å². The van der Waals surface area contributed by atoms with Crippen molar-refractivity contribution < 1.29 is 24.5 Å².